The second-order valence-corrected chi connectivity index (χ2v) is 5.56. The molecule has 4 nitrogen and oxygen atoms in total. The normalized spacial score (nSPS) is 10.3. The molecule has 0 heterocycles. The van der Waals surface area contributed by atoms with E-state index in [4.69, 9.17) is 30.0 Å². The second-order valence-electron chi connectivity index (χ2n) is 4.37. The molecular formula is C13H18AuN2O2S2-2. The topological polar surface area (TPSA) is 32.8 Å². The van der Waals surface area contributed by atoms with Gasteiger partial charge in [0.2, 0.25) is 0 Å². The Kier molecular flexibility index (Phi) is 9.71. The van der Waals surface area contributed by atoms with Gasteiger partial charge < -0.3 is 39.8 Å². The summed E-state index contributed by atoms with van der Waals surface area (Å²) in [6, 6.07) is 7.31. The number of benzene rings is 1. The van der Waals surface area contributed by atoms with Crippen molar-refractivity contribution < 1.29 is 31.9 Å². The number of nitrogens with zero attached hydrogens (tertiary/aromatic N) is 2. The van der Waals surface area contributed by atoms with E-state index in [9.17, 15) is 4.79 Å². The Morgan fingerprint density at radius 1 is 1.30 bits per heavy atom. The Labute approximate surface area is 147 Å². The molecule has 0 aromatic heterocycles. The number of ether oxygens (including phenoxy) is 1. The van der Waals surface area contributed by atoms with Gasteiger partial charge in [0.1, 0.15) is 6.61 Å². The number of carbonyl (C=O) groups is 1. The first-order valence-corrected chi connectivity index (χ1v) is 6.82. The van der Waals surface area contributed by atoms with E-state index in [2.05, 4.69) is 0 Å². The minimum absolute atomic E-state index is 0. The maximum Gasteiger partial charge on any atom is 0.338 e. The molecule has 1 rings (SSSR count). The minimum atomic E-state index is -0.379. The van der Waals surface area contributed by atoms with Gasteiger partial charge in [-0.05, 0) is 25.2 Å². The molecule has 20 heavy (non-hydrogen) atoms. The fraction of sp³-hybridized carbons (Fsp3) is 0.462. The summed E-state index contributed by atoms with van der Waals surface area (Å²) in [4.78, 5) is 15.6. The summed E-state index contributed by atoms with van der Waals surface area (Å²) in [6.07, 6.45) is 0. The average Bonchev–Trinajstić information content (AvgIpc) is 2.38. The molecule has 0 amide bonds. The Bertz CT molecular complexity index is 431. The quantitative estimate of drug-likeness (QED) is 0.336. The van der Waals surface area contributed by atoms with Crippen LogP contribution in [0.5, 0.6) is 0 Å². The molecule has 0 unspecified atom stereocenters. The first-order valence-electron chi connectivity index (χ1n) is 5.88. The van der Waals surface area contributed by atoms with Crippen LogP contribution in [-0.4, -0.2) is 49.9 Å². The second kappa shape index (κ2) is 9.76. The van der Waals surface area contributed by atoms with Gasteiger partial charge in [-0.3, -0.25) is 0 Å². The van der Waals surface area contributed by atoms with Crippen LogP contribution in [0.25, 0.3) is 0 Å². The van der Waals surface area contributed by atoms with E-state index in [0.717, 1.165) is 5.69 Å². The molecule has 1 aromatic carbocycles. The van der Waals surface area contributed by atoms with Crippen LogP contribution < -0.4 is 4.90 Å². The van der Waals surface area contributed by atoms with Gasteiger partial charge in [-0.15, -0.1) is 0 Å². The minimum Gasteiger partial charge on any atom is -0.800 e. The van der Waals surface area contributed by atoms with Gasteiger partial charge in [0.25, 0.3) is 0 Å². The van der Waals surface area contributed by atoms with E-state index in [0.29, 0.717) is 12.1 Å². The van der Waals surface area contributed by atoms with Crippen molar-refractivity contribution in [3.8, 4) is 0 Å². The van der Waals surface area contributed by atoms with Crippen LogP contribution in [0.2, 0.25) is 0 Å². The van der Waals surface area contributed by atoms with Crippen molar-refractivity contribution in [1.82, 2.24) is 4.90 Å². The number of hydrogen-bond donors (Lipinski definition) is 0. The fourth-order valence-electron chi connectivity index (χ4n) is 1.38. The van der Waals surface area contributed by atoms with E-state index in [-0.39, 0.29) is 39.7 Å². The van der Waals surface area contributed by atoms with Crippen LogP contribution in [0.1, 0.15) is 10.4 Å². The predicted molar refractivity (Wildman–Crippen MR) is 82.2 cm³/mol. The van der Waals surface area contributed by atoms with Crippen molar-refractivity contribution in [2.24, 2.45) is 0 Å². The summed E-state index contributed by atoms with van der Waals surface area (Å²) in [5.74, 6) is -0.331. The van der Waals surface area contributed by atoms with E-state index in [1.165, 1.54) is 0 Å². The van der Waals surface area contributed by atoms with Crippen molar-refractivity contribution in [3.63, 3.8) is 0 Å². The van der Waals surface area contributed by atoms with E-state index < -0.39 is 0 Å². The Balaban J connectivity index is 0.00000361. The third-order valence-corrected chi connectivity index (χ3v) is 3.36. The summed E-state index contributed by atoms with van der Waals surface area (Å²) >= 11 is 9.83. The van der Waals surface area contributed by atoms with Crippen LogP contribution in [0.15, 0.2) is 24.3 Å². The van der Waals surface area contributed by atoms with Gasteiger partial charge in [0, 0.05) is 48.7 Å². The van der Waals surface area contributed by atoms with Crippen molar-refractivity contribution in [2.45, 2.75) is 4.71 Å². The van der Waals surface area contributed by atoms with Crippen molar-refractivity contribution in [3.05, 3.63) is 29.8 Å². The molecule has 1 radical (unpaired) electrons. The first-order chi connectivity index (χ1) is 8.91. The summed E-state index contributed by atoms with van der Waals surface area (Å²) in [5, 5.41) is 0. The molecule has 0 aliphatic rings. The van der Waals surface area contributed by atoms with Gasteiger partial charge in [-0.1, -0.05) is 6.07 Å². The molecule has 0 saturated carbocycles. The molecule has 0 atom stereocenters. The number of carbonyl (C=O) groups excluding carboxylic acids is 1. The van der Waals surface area contributed by atoms with Crippen LogP contribution >= 0.6 is 0 Å². The van der Waals surface area contributed by atoms with Crippen molar-refractivity contribution >= 4 is 36.9 Å². The van der Waals surface area contributed by atoms with Crippen LogP contribution in [0.3, 0.4) is 0 Å². The molecule has 0 bridgehead atoms. The number of hydrogen-bond acceptors (Lipinski definition) is 6. The summed E-state index contributed by atoms with van der Waals surface area (Å²) in [7, 11) is 5.66. The average molecular weight is 495 g/mol. The standard InChI is InChI=1S/C13H20N2O2S2.Au/c1-14(2)11-6-4-5-10(9-11)12(16)17-8-7-15(3)13(18)19;/h4-6,9,13,18-19H,7-8H2,1-3H3;/p-2. The molecule has 0 spiro atoms. The predicted octanol–water partition coefficient (Wildman–Crippen LogP) is 1.22. The third kappa shape index (κ3) is 6.56. The summed E-state index contributed by atoms with van der Waals surface area (Å²) in [5.41, 5.74) is 1.50. The smallest absolute Gasteiger partial charge is 0.338 e. The molecule has 0 aliphatic heterocycles. The van der Waals surface area contributed by atoms with E-state index >= 15 is 0 Å². The maximum atomic E-state index is 11.9. The Hall–Kier alpha value is -0.110. The van der Waals surface area contributed by atoms with Gasteiger partial charge in [0.15, 0.2) is 0 Å². The SMILES string of the molecule is CN(C)c1cccc(C(=O)OCCN(C)C([S-])[S-])c1.[Au]. The van der Waals surface area contributed by atoms with Gasteiger partial charge >= 0.3 is 5.97 Å². The van der Waals surface area contributed by atoms with Crippen molar-refractivity contribution in [1.29, 1.82) is 0 Å². The van der Waals surface area contributed by atoms with E-state index in [1.54, 1.807) is 17.0 Å². The Morgan fingerprint density at radius 2 is 1.95 bits per heavy atom. The van der Waals surface area contributed by atoms with Crippen LogP contribution in [0, 0.1) is 0 Å². The summed E-state index contributed by atoms with van der Waals surface area (Å²) in [6.45, 7) is 0.822. The zero-order chi connectivity index (χ0) is 14.4. The molecule has 0 N–H and O–H groups in total. The monoisotopic (exact) mass is 495 g/mol. The third-order valence-electron chi connectivity index (χ3n) is 2.64. The van der Waals surface area contributed by atoms with Gasteiger partial charge in [-0.2, -0.15) is 0 Å². The van der Waals surface area contributed by atoms with Crippen molar-refractivity contribution in [2.75, 3.05) is 39.2 Å². The van der Waals surface area contributed by atoms with E-state index in [1.807, 2.05) is 38.2 Å². The molecule has 117 valence electrons. The van der Waals surface area contributed by atoms with Crippen LogP contribution in [-0.2, 0) is 52.4 Å². The Morgan fingerprint density at radius 3 is 2.50 bits per heavy atom. The molecule has 7 heteroatoms. The van der Waals surface area contributed by atoms with Crippen LogP contribution in [0.4, 0.5) is 5.69 Å². The fourth-order valence-corrected chi connectivity index (χ4v) is 1.59. The van der Waals surface area contributed by atoms with Gasteiger partial charge in [0.05, 0.1) is 5.56 Å². The maximum absolute atomic E-state index is 11.9. The number of anilines is 1. The molecule has 0 aliphatic carbocycles. The van der Waals surface area contributed by atoms with Gasteiger partial charge in [-0.25, -0.2) is 9.50 Å². The number of esters is 1. The summed E-state index contributed by atoms with van der Waals surface area (Å²) < 4.78 is 4.81. The molecule has 0 fully saturated rings. The molecule has 0 saturated heterocycles. The zero-order valence-electron chi connectivity index (χ0n) is 11.6. The number of likely N-dealkylation sites (N-methyl/N-ethyl adjacent to an activating group) is 1. The molecular weight excluding hydrogens is 477 g/mol. The molecule has 1 aromatic rings. The first kappa shape index (κ1) is 19.9. The zero-order valence-corrected chi connectivity index (χ0v) is 15.4. The largest absolute Gasteiger partial charge is 0.800 e. The number of rotatable bonds is 6.